The summed E-state index contributed by atoms with van der Waals surface area (Å²) in [7, 11) is 2.80. The third kappa shape index (κ3) is 5.67. The van der Waals surface area contributed by atoms with Gasteiger partial charge in [-0.25, -0.2) is 9.79 Å². The van der Waals surface area contributed by atoms with Crippen molar-refractivity contribution < 1.29 is 28.5 Å². The van der Waals surface area contributed by atoms with Crippen molar-refractivity contribution in [3.05, 3.63) is 77.9 Å². The number of hydrogen-bond acceptors (Lipinski definition) is 9. The zero-order valence-electron chi connectivity index (χ0n) is 22.3. The first kappa shape index (κ1) is 28.3. The molecule has 206 valence electrons. The molecule has 1 aromatic heterocycles. The number of esters is 1. The van der Waals surface area contributed by atoms with E-state index in [-0.39, 0.29) is 11.1 Å². The van der Waals surface area contributed by atoms with Crippen molar-refractivity contribution in [3.8, 4) is 23.0 Å². The molecule has 11 heteroatoms. The van der Waals surface area contributed by atoms with Gasteiger partial charge in [0, 0.05) is 6.20 Å². The van der Waals surface area contributed by atoms with Crippen molar-refractivity contribution in [2.45, 2.75) is 26.8 Å². The predicted octanol–water partition coefficient (Wildman–Crippen LogP) is 3.88. The largest absolute Gasteiger partial charge is 0.491 e. The van der Waals surface area contributed by atoms with E-state index in [1.807, 2.05) is 20.8 Å². The van der Waals surface area contributed by atoms with E-state index in [2.05, 4.69) is 4.99 Å². The van der Waals surface area contributed by atoms with Crippen LogP contribution in [0.3, 0.4) is 0 Å². The molecule has 0 radical (unpaired) electrons. The van der Waals surface area contributed by atoms with Crippen LogP contribution in [0.5, 0.6) is 23.0 Å². The first-order valence-electron chi connectivity index (χ1n) is 12.4. The highest BCUT2D eigenvalue weighted by Crippen LogP contribution is 2.37. The van der Waals surface area contributed by atoms with E-state index in [0.29, 0.717) is 68.3 Å². The highest BCUT2D eigenvalue weighted by atomic mass is 35.5. The van der Waals surface area contributed by atoms with Crippen LogP contribution in [-0.4, -0.2) is 44.6 Å². The summed E-state index contributed by atoms with van der Waals surface area (Å²) in [4.78, 5) is 31.4. The Balaban J connectivity index is 1.90. The van der Waals surface area contributed by atoms with Crippen molar-refractivity contribution in [3.63, 3.8) is 0 Å². The minimum Gasteiger partial charge on any atom is -0.491 e. The van der Waals surface area contributed by atoms with Gasteiger partial charge in [-0.1, -0.05) is 29.0 Å². The average Bonchev–Trinajstić information content (AvgIpc) is 3.24. The van der Waals surface area contributed by atoms with Gasteiger partial charge in [0.05, 0.1) is 55.2 Å². The Morgan fingerprint density at radius 3 is 2.38 bits per heavy atom. The van der Waals surface area contributed by atoms with Crippen LogP contribution < -0.4 is 33.8 Å². The molecular formula is C28H29ClN2O7S. The maximum atomic E-state index is 13.8. The minimum absolute atomic E-state index is 0.217. The number of benzene rings is 2. The number of aromatic nitrogens is 1. The molecule has 39 heavy (non-hydrogen) atoms. The van der Waals surface area contributed by atoms with Crippen molar-refractivity contribution >= 4 is 35.0 Å². The molecule has 0 bridgehead atoms. The van der Waals surface area contributed by atoms with Crippen molar-refractivity contribution in [1.29, 1.82) is 0 Å². The lowest BCUT2D eigenvalue weighted by atomic mass is 9.97. The highest BCUT2D eigenvalue weighted by Gasteiger charge is 2.31. The fourth-order valence-corrected chi connectivity index (χ4v) is 5.54. The molecule has 0 fully saturated rings. The summed E-state index contributed by atoms with van der Waals surface area (Å²) in [6, 6.07) is 8.00. The van der Waals surface area contributed by atoms with Crippen molar-refractivity contribution in [2.24, 2.45) is 4.99 Å². The molecule has 0 aliphatic carbocycles. The molecule has 2 aromatic carbocycles. The van der Waals surface area contributed by atoms with Gasteiger partial charge in [0.15, 0.2) is 27.8 Å². The Hall–Kier alpha value is -3.76. The second-order valence-electron chi connectivity index (χ2n) is 8.22. The van der Waals surface area contributed by atoms with E-state index < -0.39 is 12.0 Å². The highest BCUT2D eigenvalue weighted by molar-refractivity contribution is 7.07. The van der Waals surface area contributed by atoms with Crippen molar-refractivity contribution in [1.82, 2.24) is 4.57 Å². The second-order valence-corrected chi connectivity index (χ2v) is 9.63. The van der Waals surface area contributed by atoms with Crippen molar-refractivity contribution in [2.75, 3.05) is 34.0 Å². The van der Waals surface area contributed by atoms with Gasteiger partial charge in [-0.2, -0.15) is 0 Å². The minimum atomic E-state index is -0.788. The first-order chi connectivity index (χ1) is 18.9. The molecule has 0 unspecified atom stereocenters. The molecule has 4 rings (SSSR count). The van der Waals surface area contributed by atoms with Gasteiger partial charge in [0.2, 0.25) is 0 Å². The van der Waals surface area contributed by atoms with Crippen LogP contribution in [0.4, 0.5) is 0 Å². The standard InChI is InChI=1S/C28H29ClN2O7S/c1-6-36-20-10-9-17(14-21(20)37-7-2)24-18(27(33)35-5)15-30-28-31(24)26(32)23(39-28)13-16-11-19(29)25(34-4)22(12-16)38-8-3/h9-15,24H,6-8H2,1-5H3/b23-13-/t24-/m1/s1. The maximum absolute atomic E-state index is 13.8. The molecule has 0 amide bonds. The third-order valence-electron chi connectivity index (χ3n) is 5.84. The summed E-state index contributed by atoms with van der Waals surface area (Å²) in [6.07, 6.45) is 3.15. The Bertz CT molecular complexity index is 1590. The molecule has 2 heterocycles. The number of rotatable bonds is 10. The zero-order chi connectivity index (χ0) is 28.1. The lowest BCUT2D eigenvalue weighted by molar-refractivity contribution is -0.136. The topological polar surface area (TPSA) is 97.6 Å². The first-order valence-corrected chi connectivity index (χ1v) is 13.5. The van der Waals surface area contributed by atoms with Crippen LogP contribution >= 0.6 is 22.9 Å². The zero-order valence-corrected chi connectivity index (χ0v) is 23.9. The molecule has 1 atom stereocenters. The molecule has 0 N–H and O–H groups in total. The molecule has 0 saturated carbocycles. The molecule has 9 nitrogen and oxygen atoms in total. The number of nitrogens with zero attached hydrogens (tertiary/aromatic N) is 2. The molecule has 3 aromatic rings. The van der Waals surface area contributed by atoms with Gasteiger partial charge in [-0.15, -0.1) is 0 Å². The number of methoxy groups -OCH3 is 2. The van der Waals surface area contributed by atoms with Gasteiger partial charge in [-0.05, 0) is 62.2 Å². The van der Waals surface area contributed by atoms with E-state index in [1.165, 1.54) is 36.3 Å². The predicted molar refractivity (Wildman–Crippen MR) is 149 cm³/mol. The Morgan fingerprint density at radius 2 is 1.72 bits per heavy atom. The van der Waals surface area contributed by atoms with Gasteiger partial charge in [0.25, 0.3) is 5.56 Å². The Labute approximate surface area is 234 Å². The monoisotopic (exact) mass is 572 g/mol. The van der Waals surface area contributed by atoms with E-state index in [4.69, 9.17) is 35.3 Å². The van der Waals surface area contributed by atoms with Crippen LogP contribution in [0.25, 0.3) is 6.08 Å². The van der Waals surface area contributed by atoms with Gasteiger partial charge in [-0.3, -0.25) is 9.36 Å². The number of fused-ring (bicyclic) bond motifs is 1. The number of halogens is 1. The number of carbonyl (C=O) groups is 1. The molecule has 1 aliphatic rings. The number of carbonyl (C=O) groups excluding carboxylic acids is 1. The number of thiazole rings is 1. The molecule has 1 aliphatic heterocycles. The van der Waals surface area contributed by atoms with E-state index in [1.54, 1.807) is 36.4 Å². The lowest BCUT2D eigenvalue weighted by Gasteiger charge is -2.23. The summed E-state index contributed by atoms with van der Waals surface area (Å²) in [5.74, 6) is 1.38. The molecule has 0 saturated heterocycles. The summed E-state index contributed by atoms with van der Waals surface area (Å²) >= 11 is 7.62. The summed E-state index contributed by atoms with van der Waals surface area (Å²) in [6.45, 7) is 6.90. The third-order valence-corrected chi connectivity index (χ3v) is 7.12. The van der Waals surface area contributed by atoms with Crippen LogP contribution in [0.15, 0.2) is 51.9 Å². The number of hydrogen-bond donors (Lipinski definition) is 0. The van der Waals surface area contributed by atoms with Crippen LogP contribution in [-0.2, 0) is 9.53 Å². The maximum Gasteiger partial charge on any atom is 0.337 e. The van der Waals surface area contributed by atoms with E-state index in [0.717, 1.165) is 0 Å². The van der Waals surface area contributed by atoms with Gasteiger partial charge in [0.1, 0.15) is 0 Å². The molecule has 0 spiro atoms. The molecular weight excluding hydrogens is 544 g/mol. The fourth-order valence-electron chi connectivity index (χ4n) is 4.27. The van der Waals surface area contributed by atoms with Crippen LogP contribution in [0, 0.1) is 0 Å². The number of ether oxygens (including phenoxy) is 5. The quantitative estimate of drug-likeness (QED) is 0.340. The summed E-state index contributed by atoms with van der Waals surface area (Å²) < 4.78 is 29.4. The van der Waals surface area contributed by atoms with E-state index >= 15 is 0 Å². The van der Waals surface area contributed by atoms with Crippen LogP contribution in [0.1, 0.15) is 37.9 Å². The summed E-state index contributed by atoms with van der Waals surface area (Å²) in [5.41, 5.74) is 1.19. The Kier molecular flexibility index (Phi) is 8.98. The Morgan fingerprint density at radius 1 is 1.03 bits per heavy atom. The van der Waals surface area contributed by atoms with Gasteiger partial charge < -0.3 is 23.7 Å². The van der Waals surface area contributed by atoms with E-state index in [9.17, 15) is 9.59 Å². The smallest absolute Gasteiger partial charge is 0.337 e. The normalized spacial score (nSPS) is 14.7. The average molecular weight is 573 g/mol. The lowest BCUT2D eigenvalue weighted by Crippen LogP contribution is -2.39. The fraction of sp³-hybridized carbons (Fsp3) is 0.321. The SMILES string of the molecule is CCOc1ccc([C@@H]2C(C(=O)OC)=CN=c3s/c(=C\c4cc(Cl)c(OC)c(OCC)c4)c(=O)n32)cc1OCC. The van der Waals surface area contributed by atoms with Gasteiger partial charge >= 0.3 is 5.97 Å². The summed E-state index contributed by atoms with van der Waals surface area (Å²) in [5, 5.41) is 0.353. The van der Waals surface area contributed by atoms with Crippen LogP contribution in [0.2, 0.25) is 5.02 Å². The second kappa shape index (κ2) is 12.4.